The molecule has 18 atom stereocenters. The number of hydrogen-bond acceptors (Lipinski definition) is 35. The van der Waals surface area contributed by atoms with Crippen molar-refractivity contribution in [3.05, 3.63) is 211 Å². The van der Waals surface area contributed by atoms with Gasteiger partial charge in [-0.25, -0.2) is 33.1 Å². The fourth-order valence-corrected chi connectivity index (χ4v) is 23.8. The molecule has 6 aliphatic heterocycles. The summed E-state index contributed by atoms with van der Waals surface area (Å²) in [4.78, 5) is 109. The second-order valence-corrected chi connectivity index (χ2v) is 44.6. The molecule has 692 valence electrons. The summed E-state index contributed by atoms with van der Waals surface area (Å²) in [5, 5.41) is 23.8. The predicted octanol–water partition coefficient (Wildman–Crippen LogP) is 11.7. The smallest absolute Gasteiger partial charge is 0.330 e. The summed E-state index contributed by atoms with van der Waals surface area (Å²) in [6, 6.07) is 28.8. The van der Waals surface area contributed by atoms with Gasteiger partial charge in [0.2, 0.25) is 24.6 Å². The summed E-state index contributed by atoms with van der Waals surface area (Å²) < 4.78 is 109. The fraction of sp³-hybridized carbons (Fsp3) is 0.444. The number of anilines is 2. The van der Waals surface area contributed by atoms with Gasteiger partial charge in [0.1, 0.15) is 61.3 Å². The molecule has 6 saturated heterocycles. The van der Waals surface area contributed by atoms with Crippen LogP contribution in [0.2, 0.25) is 0 Å². The Labute approximate surface area is 771 Å². The Balaban J connectivity index is 0.000000172. The molecule has 131 heavy (non-hydrogen) atoms. The molecule has 0 spiro atoms. The van der Waals surface area contributed by atoms with E-state index in [1.165, 1.54) is 84.0 Å². The van der Waals surface area contributed by atoms with E-state index in [1.54, 1.807) is 37.8 Å². The first kappa shape index (κ1) is 95.1. The van der Waals surface area contributed by atoms with Gasteiger partial charge in [0.05, 0.1) is 55.4 Å². The van der Waals surface area contributed by atoms with Crippen molar-refractivity contribution in [2.75, 3.05) is 76.6 Å². The van der Waals surface area contributed by atoms with E-state index in [2.05, 4.69) is 102 Å². The Morgan fingerprint density at radius 3 is 1.51 bits per heavy atom. The van der Waals surface area contributed by atoms with E-state index in [4.69, 9.17) is 122 Å². The monoisotopic (exact) mass is 1970 g/mol. The molecule has 41 nitrogen and oxygen atoms in total. The van der Waals surface area contributed by atoms with Gasteiger partial charge in [-0.2, -0.15) is 9.36 Å². The highest BCUT2D eigenvalue weighted by molar-refractivity contribution is 8.08. The summed E-state index contributed by atoms with van der Waals surface area (Å²) in [7, 11) is 0.332. The minimum Gasteiger partial charge on any atom is -0.484 e. The summed E-state index contributed by atoms with van der Waals surface area (Å²) in [6.45, 7) is 18.4. The van der Waals surface area contributed by atoms with E-state index >= 15 is 0 Å². The lowest BCUT2D eigenvalue weighted by Crippen LogP contribution is -2.30. The number of carbonyl (C=O) groups excluding carboxylic acids is 2. The van der Waals surface area contributed by atoms with Crippen LogP contribution < -0.4 is 36.0 Å². The summed E-state index contributed by atoms with van der Waals surface area (Å²) in [6.07, 6.45) is 2.40. The number of rotatable bonds is 18. The number of amides is 2. The molecule has 0 radical (unpaired) electrons. The Hall–Kier alpha value is -9.03. The van der Waals surface area contributed by atoms with E-state index < -0.39 is 120 Å². The molecule has 9 aromatic heterocycles. The number of nitrogens with one attached hydrogen (secondary N) is 2. The van der Waals surface area contributed by atoms with Crippen LogP contribution in [0.25, 0.3) is 53.7 Å². The summed E-state index contributed by atoms with van der Waals surface area (Å²) in [5.41, 5.74) is 3.58. The quantitative estimate of drug-likeness (QED) is 0.0268. The van der Waals surface area contributed by atoms with Crippen LogP contribution >= 0.6 is 49.4 Å². The molecule has 12 aromatic rings. The van der Waals surface area contributed by atoms with Crippen molar-refractivity contribution in [2.24, 2.45) is 11.8 Å². The molecule has 6 aliphatic rings. The van der Waals surface area contributed by atoms with Crippen molar-refractivity contribution in [2.45, 2.75) is 153 Å². The standard InChI is InChI=1S/C37H43N9O11P2S2.C37H43N9O11P2S.C7H4OS2/c1-22-27-19-53-59(61,51-17-14-38-5)56-26-18-31(54-28(26)20-52-58(49,60)57-33(22)35(55-27)45-15-11-30(48)44-16-13-40-36(44)45)46-34-32(42-43-46)25(10-12-39-34)41-29(47)21-50-24-8-6-23(7-9-24)37(2,3)4;1-22-27-20-53-59(60,52-17-14-38-5)57-26-18-31(54-28(26)19-51-58(49)56-33(22)35(55-27)45-15-11-30(48)44-16-13-40-36(44)45)46-34-32(42-43-46)25(10-12-39-34)41-29(47)21-50-24-8-6-23(7-9-24)37(2,3)4;8-7-5-3-1-2-4-6(5)9-10-7/h6-13,15-16,22,26-28,31,33,35H,14,17-21H2,1-4H3,(H,49,60)(H,39,41,47);6-13,15-16,22,26-28,31,33,35,49H,14,17-21H2,1-4H3,(H,39,41,47);1-4H/t2*22-,26+,27-,28-,31-,33-,35-,58?,59?;/m11./s1. The molecule has 0 aliphatic carbocycles. The van der Waals surface area contributed by atoms with Gasteiger partial charge in [0, 0.05) is 91.1 Å². The molecule has 4 N–H and O–H groups in total. The molecule has 4 unspecified atom stereocenters. The average Bonchev–Trinajstić information content (AvgIpc) is 1.61. The Morgan fingerprint density at radius 1 is 0.565 bits per heavy atom. The summed E-state index contributed by atoms with van der Waals surface area (Å²) in [5.74, 6) is 0.00506. The van der Waals surface area contributed by atoms with Crippen LogP contribution in [0.15, 0.2) is 161 Å². The van der Waals surface area contributed by atoms with Crippen molar-refractivity contribution in [1.82, 2.24) is 67.9 Å². The molecular formula is C81H90N18O23P4S5. The summed E-state index contributed by atoms with van der Waals surface area (Å²) >= 11 is 17.4. The molecular weight excluding hydrogens is 1880 g/mol. The maximum Gasteiger partial charge on any atom is 0.330 e. The van der Waals surface area contributed by atoms with Gasteiger partial charge >= 0.3 is 28.8 Å². The van der Waals surface area contributed by atoms with E-state index in [0.29, 0.717) is 45.5 Å². The van der Waals surface area contributed by atoms with Crippen LogP contribution in [0.1, 0.15) is 104 Å². The van der Waals surface area contributed by atoms with Crippen LogP contribution in [0.3, 0.4) is 0 Å². The normalized spacial score (nSPS) is 27.7. The number of ether oxygens (including phenoxy) is 6. The number of benzene rings is 3. The van der Waals surface area contributed by atoms with Gasteiger partial charge < -0.3 is 104 Å². The van der Waals surface area contributed by atoms with E-state index in [0.717, 1.165) is 21.2 Å². The average molecular weight is 1970 g/mol. The van der Waals surface area contributed by atoms with Crippen molar-refractivity contribution < 1.29 is 93.0 Å². The molecule has 2 amide bonds. The van der Waals surface area contributed by atoms with Crippen molar-refractivity contribution in [3.63, 3.8) is 0 Å². The minimum absolute atomic E-state index is 0.00202. The topological polar surface area (TPSA) is 438 Å². The number of pyridine rings is 2. The van der Waals surface area contributed by atoms with Crippen molar-refractivity contribution in [1.29, 1.82) is 0 Å². The van der Waals surface area contributed by atoms with E-state index in [1.807, 2.05) is 86.6 Å². The largest absolute Gasteiger partial charge is 0.484 e. The Kier molecular flexibility index (Phi) is 29.5. The van der Waals surface area contributed by atoms with Gasteiger partial charge in [-0.1, -0.05) is 113 Å². The number of aromatic nitrogens is 14. The predicted molar refractivity (Wildman–Crippen MR) is 490 cm³/mol. The highest BCUT2D eigenvalue weighted by Crippen LogP contribution is 2.59. The molecule has 6 fully saturated rings. The van der Waals surface area contributed by atoms with Crippen LogP contribution in [0.5, 0.6) is 11.5 Å². The van der Waals surface area contributed by atoms with Gasteiger partial charge in [-0.05, 0) is 116 Å². The zero-order valence-electron chi connectivity index (χ0n) is 71.4. The van der Waals surface area contributed by atoms with Gasteiger partial charge in [-0.15, -0.1) is 10.2 Å². The fourth-order valence-electron chi connectivity index (χ4n) is 15.1. The number of imidazole rings is 2. The molecule has 18 rings (SSSR count). The highest BCUT2D eigenvalue weighted by Gasteiger charge is 2.52. The third-order valence-electron chi connectivity index (χ3n) is 22.0. The molecule has 4 bridgehead atoms. The number of carbonyl (C=O) groups is 2. The lowest BCUT2D eigenvalue weighted by Gasteiger charge is -2.29. The number of fused-ring (bicyclic) bond motifs is 11. The van der Waals surface area contributed by atoms with Crippen molar-refractivity contribution in [3.8, 4) is 11.5 Å². The molecule has 50 heteroatoms. The van der Waals surface area contributed by atoms with E-state index in [9.17, 15) is 33.8 Å². The number of hydrogen-bond donors (Lipinski definition) is 4. The van der Waals surface area contributed by atoms with E-state index in [-0.39, 0.29) is 123 Å². The molecule has 15 heterocycles. The van der Waals surface area contributed by atoms with Crippen LogP contribution in [-0.2, 0) is 120 Å². The van der Waals surface area contributed by atoms with Crippen molar-refractivity contribution >= 4 is 152 Å². The third kappa shape index (κ3) is 22.0. The minimum atomic E-state index is -4.03. The maximum atomic E-state index is 13.0. The zero-order valence-corrected chi connectivity index (χ0v) is 79.0. The second-order valence-electron chi connectivity index (χ2n) is 32.8. The lowest BCUT2D eigenvalue weighted by molar-refractivity contribution is -0.118. The third-order valence-corrected chi connectivity index (χ3v) is 31.4. The second kappa shape index (κ2) is 40.6. The van der Waals surface area contributed by atoms with Gasteiger partial charge in [-0.3, -0.25) is 41.9 Å². The lowest BCUT2D eigenvalue weighted by atomic mass is 9.87. The first-order chi connectivity index (χ1) is 62.8. The van der Waals surface area contributed by atoms with Crippen LogP contribution in [-0.4, -0.2) is 204 Å². The van der Waals surface area contributed by atoms with Crippen LogP contribution in [0, 0.1) is 25.0 Å². The zero-order chi connectivity index (χ0) is 92.3. The Bertz CT molecular complexity index is 6580. The number of nitrogens with zero attached hydrogens (tertiary/aromatic N) is 16. The molecule has 3 aromatic carbocycles. The highest BCUT2D eigenvalue weighted by atomic mass is 32.9. The van der Waals surface area contributed by atoms with Gasteiger partial charge in [0.25, 0.3) is 27.7 Å². The van der Waals surface area contributed by atoms with Crippen LogP contribution in [0.4, 0.5) is 11.4 Å². The first-order valence-electron chi connectivity index (χ1n) is 41.2. The SMILES string of the molecule is O=c1ssc2ccccc12.[C-]#[N+]CCOP1(=S)OC[C@H]2O[C@@H](n3ccc(=O)n4ccnc34)[C@H](OP(O)(=S)OC[C@H]3O[C@@H](n4nnc5c(NC(=O)COc6ccc(C(C)(C)C)cc6)ccnc54)C[C@@H]3O1)[C@@H]2C.[C-]#[N+]CCOP1(=S)OC[C@H]2O[C@@H](n3ccc(=O)n4ccnc34)[C@H](OP(O)OC[C@H]3O[C@@H](n4nnc5c(NC(=O)COc6ccc(C(C)(C)C)cc6)ccnc54)C[C@@H]3O1)[C@@H]2C. The first-order valence-corrected chi connectivity index (χ1v) is 52.2. The van der Waals surface area contributed by atoms with Gasteiger partial charge in [0.15, 0.2) is 60.5 Å². The Morgan fingerprint density at radius 2 is 1.03 bits per heavy atom. The molecule has 0 saturated carbocycles. The maximum absolute atomic E-state index is 13.0.